The molecule has 0 bridgehead atoms. The van der Waals surface area contributed by atoms with E-state index in [2.05, 4.69) is 12.2 Å². The number of ether oxygens (including phenoxy) is 1. The second kappa shape index (κ2) is 7.34. The molecule has 0 aliphatic heterocycles. The fourth-order valence-electron chi connectivity index (χ4n) is 1.31. The average molecular weight is 291 g/mol. The van der Waals surface area contributed by atoms with Crippen molar-refractivity contribution >= 4 is 34.8 Å². The second-order valence-corrected chi connectivity index (χ2v) is 4.62. The zero-order valence-electron chi connectivity index (χ0n) is 10.1. The summed E-state index contributed by atoms with van der Waals surface area (Å²) in [7, 11) is 0. The van der Waals surface area contributed by atoms with Crippen LogP contribution in [0.4, 0.5) is 5.69 Å². The first kappa shape index (κ1) is 14.9. The summed E-state index contributed by atoms with van der Waals surface area (Å²) in [6, 6.07) is 3.05. The number of anilines is 1. The van der Waals surface area contributed by atoms with E-state index in [1.54, 1.807) is 0 Å². The van der Waals surface area contributed by atoms with Crippen molar-refractivity contribution in [3.8, 4) is 5.75 Å². The Hall–Kier alpha value is -1.13. The molecule has 0 saturated heterocycles. The van der Waals surface area contributed by atoms with E-state index in [9.17, 15) is 4.79 Å². The van der Waals surface area contributed by atoms with Gasteiger partial charge in [-0.1, -0.05) is 36.5 Å². The van der Waals surface area contributed by atoms with Crippen LogP contribution >= 0.6 is 23.2 Å². The maximum atomic E-state index is 11.4. The summed E-state index contributed by atoms with van der Waals surface area (Å²) in [5.74, 6) is 0.0746. The van der Waals surface area contributed by atoms with Crippen LogP contribution in [0.3, 0.4) is 0 Å². The molecule has 0 aliphatic rings. The third-order valence-corrected chi connectivity index (χ3v) is 2.78. The maximum Gasteiger partial charge on any atom is 0.257 e. The van der Waals surface area contributed by atoms with E-state index in [4.69, 9.17) is 33.7 Å². The highest BCUT2D eigenvalue weighted by molar-refractivity contribution is 6.37. The number of nitrogens with two attached hydrogens (primary N) is 1. The topological polar surface area (TPSA) is 64.3 Å². The third kappa shape index (κ3) is 4.63. The highest BCUT2D eigenvalue weighted by atomic mass is 35.5. The lowest BCUT2D eigenvalue weighted by Gasteiger charge is -2.10. The van der Waals surface area contributed by atoms with Crippen molar-refractivity contribution in [1.82, 2.24) is 5.32 Å². The molecule has 1 amide bonds. The van der Waals surface area contributed by atoms with E-state index in [-0.39, 0.29) is 18.3 Å². The molecule has 6 heteroatoms. The minimum Gasteiger partial charge on any atom is -0.481 e. The highest BCUT2D eigenvalue weighted by Gasteiger charge is 2.10. The second-order valence-electron chi connectivity index (χ2n) is 3.81. The third-order valence-electron chi connectivity index (χ3n) is 2.22. The van der Waals surface area contributed by atoms with E-state index in [0.717, 1.165) is 12.8 Å². The van der Waals surface area contributed by atoms with Crippen molar-refractivity contribution in [2.75, 3.05) is 18.9 Å². The van der Waals surface area contributed by atoms with E-state index in [1.807, 2.05) is 0 Å². The maximum absolute atomic E-state index is 11.4. The Morgan fingerprint density at radius 1 is 1.39 bits per heavy atom. The molecule has 0 spiro atoms. The molecule has 0 atom stereocenters. The molecule has 0 fully saturated rings. The number of amides is 1. The number of hydrogen-bond donors (Lipinski definition) is 2. The molecule has 1 rings (SSSR count). The minimum atomic E-state index is -0.201. The molecule has 0 unspecified atom stereocenters. The number of halogens is 2. The Balaban J connectivity index is 2.51. The van der Waals surface area contributed by atoms with Crippen LogP contribution in [0, 0.1) is 0 Å². The van der Waals surface area contributed by atoms with Crippen molar-refractivity contribution in [2.24, 2.45) is 0 Å². The van der Waals surface area contributed by atoms with Gasteiger partial charge in [0.25, 0.3) is 5.91 Å². The van der Waals surface area contributed by atoms with Crippen LogP contribution < -0.4 is 15.8 Å². The number of unbranched alkanes of at least 4 members (excludes halogenated alkanes) is 1. The largest absolute Gasteiger partial charge is 0.481 e. The number of carbonyl (C=O) groups excluding carboxylic acids is 1. The number of rotatable bonds is 6. The van der Waals surface area contributed by atoms with Gasteiger partial charge >= 0.3 is 0 Å². The predicted octanol–water partition coefficient (Wildman–Crippen LogP) is 2.87. The van der Waals surface area contributed by atoms with E-state index in [1.165, 1.54) is 12.1 Å². The van der Waals surface area contributed by atoms with Gasteiger partial charge in [-0.05, 0) is 18.6 Å². The Morgan fingerprint density at radius 3 is 2.56 bits per heavy atom. The van der Waals surface area contributed by atoms with E-state index in [0.29, 0.717) is 22.3 Å². The Bertz CT molecular complexity index is 402. The lowest BCUT2D eigenvalue weighted by atomic mass is 10.3. The van der Waals surface area contributed by atoms with Crippen LogP contribution in [0.5, 0.6) is 5.75 Å². The van der Waals surface area contributed by atoms with Gasteiger partial charge in [0.1, 0.15) is 0 Å². The van der Waals surface area contributed by atoms with Gasteiger partial charge in [-0.15, -0.1) is 0 Å². The molecular weight excluding hydrogens is 275 g/mol. The minimum absolute atomic E-state index is 0.118. The zero-order chi connectivity index (χ0) is 13.5. The van der Waals surface area contributed by atoms with Gasteiger partial charge in [0.15, 0.2) is 12.4 Å². The monoisotopic (exact) mass is 290 g/mol. The molecule has 0 aromatic heterocycles. The number of benzene rings is 1. The molecular formula is C12H16Cl2N2O2. The molecule has 1 aromatic rings. The number of carbonyl (C=O) groups is 1. The van der Waals surface area contributed by atoms with Crippen LogP contribution in [0.15, 0.2) is 12.1 Å². The van der Waals surface area contributed by atoms with Crippen LogP contribution in [0.2, 0.25) is 10.0 Å². The molecule has 0 heterocycles. The number of nitrogen functional groups attached to an aromatic ring is 1. The van der Waals surface area contributed by atoms with E-state index >= 15 is 0 Å². The highest BCUT2D eigenvalue weighted by Crippen LogP contribution is 2.34. The Morgan fingerprint density at radius 2 is 2.00 bits per heavy atom. The van der Waals surface area contributed by atoms with Gasteiger partial charge in [-0.3, -0.25) is 4.79 Å². The summed E-state index contributed by atoms with van der Waals surface area (Å²) in [5.41, 5.74) is 6.01. The fourth-order valence-corrected chi connectivity index (χ4v) is 1.92. The first-order valence-electron chi connectivity index (χ1n) is 5.68. The normalized spacial score (nSPS) is 10.2. The Kier molecular flexibility index (Phi) is 6.09. The van der Waals surface area contributed by atoms with Crippen molar-refractivity contribution < 1.29 is 9.53 Å². The van der Waals surface area contributed by atoms with Crippen molar-refractivity contribution in [3.05, 3.63) is 22.2 Å². The first-order valence-corrected chi connectivity index (χ1v) is 6.44. The summed E-state index contributed by atoms with van der Waals surface area (Å²) in [6.45, 7) is 2.57. The van der Waals surface area contributed by atoms with Crippen LogP contribution in [-0.2, 0) is 4.79 Å². The van der Waals surface area contributed by atoms with Crippen LogP contribution in [-0.4, -0.2) is 19.1 Å². The Labute approximate surface area is 116 Å². The first-order chi connectivity index (χ1) is 8.54. The standard InChI is InChI=1S/C12H16Cl2N2O2/c1-2-3-4-16-11(17)7-18-12-9(13)5-8(15)6-10(12)14/h5-6H,2-4,7,15H2,1H3,(H,16,17). The predicted molar refractivity (Wildman–Crippen MR) is 74.3 cm³/mol. The molecule has 0 saturated carbocycles. The van der Waals surface area contributed by atoms with E-state index < -0.39 is 0 Å². The van der Waals surface area contributed by atoms with Crippen LogP contribution in [0.1, 0.15) is 19.8 Å². The molecule has 0 radical (unpaired) electrons. The fraction of sp³-hybridized carbons (Fsp3) is 0.417. The summed E-state index contributed by atoms with van der Waals surface area (Å²) < 4.78 is 5.28. The zero-order valence-corrected chi connectivity index (χ0v) is 11.6. The van der Waals surface area contributed by atoms with Gasteiger partial charge < -0.3 is 15.8 Å². The molecule has 3 N–H and O–H groups in total. The van der Waals surface area contributed by atoms with Gasteiger partial charge in [0.2, 0.25) is 0 Å². The van der Waals surface area contributed by atoms with Gasteiger partial charge in [0, 0.05) is 12.2 Å². The van der Waals surface area contributed by atoms with Crippen LogP contribution in [0.25, 0.3) is 0 Å². The number of hydrogen-bond acceptors (Lipinski definition) is 3. The molecule has 1 aromatic carbocycles. The SMILES string of the molecule is CCCCNC(=O)COc1c(Cl)cc(N)cc1Cl. The molecule has 0 aliphatic carbocycles. The molecule has 4 nitrogen and oxygen atoms in total. The van der Waals surface area contributed by atoms with Gasteiger partial charge in [-0.2, -0.15) is 0 Å². The van der Waals surface area contributed by atoms with Crippen molar-refractivity contribution in [3.63, 3.8) is 0 Å². The average Bonchev–Trinajstić information content (AvgIpc) is 2.27. The number of nitrogens with one attached hydrogen (secondary N) is 1. The van der Waals surface area contributed by atoms with Gasteiger partial charge in [-0.25, -0.2) is 0 Å². The van der Waals surface area contributed by atoms with Crippen molar-refractivity contribution in [2.45, 2.75) is 19.8 Å². The van der Waals surface area contributed by atoms with Crippen molar-refractivity contribution in [1.29, 1.82) is 0 Å². The molecule has 18 heavy (non-hydrogen) atoms. The summed E-state index contributed by atoms with van der Waals surface area (Å²) in [4.78, 5) is 11.4. The lowest BCUT2D eigenvalue weighted by molar-refractivity contribution is -0.123. The summed E-state index contributed by atoms with van der Waals surface area (Å²) >= 11 is 11.8. The van der Waals surface area contributed by atoms with Gasteiger partial charge in [0.05, 0.1) is 10.0 Å². The quantitative estimate of drug-likeness (QED) is 0.625. The lowest BCUT2D eigenvalue weighted by Crippen LogP contribution is -2.29. The molecule has 100 valence electrons. The smallest absolute Gasteiger partial charge is 0.257 e. The summed E-state index contributed by atoms with van der Waals surface area (Å²) in [6.07, 6.45) is 1.96. The summed E-state index contributed by atoms with van der Waals surface area (Å²) in [5, 5.41) is 3.32.